The minimum atomic E-state index is -0.850. The molecule has 0 saturated carbocycles. The number of aliphatic hydroxyl groups excluding tert-OH is 1. The van der Waals surface area contributed by atoms with Gasteiger partial charge < -0.3 is 9.84 Å². The first-order chi connectivity index (χ1) is 15.3. The van der Waals surface area contributed by atoms with Crippen LogP contribution in [0.1, 0.15) is 44.3 Å². The number of aromatic nitrogens is 1. The number of ketones is 1. The lowest BCUT2D eigenvalue weighted by Gasteiger charge is -2.21. The summed E-state index contributed by atoms with van der Waals surface area (Å²) in [4.78, 5) is 45.1. The fraction of sp³-hybridized carbons (Fsp3) is 0.217. The number of thiazole rings is 1. The molecule has 0 bridgehead atoms. The number of benzene rings is 1. The lowest BCUT2D eigenvalue weighted by Crippen LogP contribution is -2.29. The Morgan fingerprint density at radius 1 is 1.19 bits per heavy atom. The van der Waals surface area contributed by atoms with Gasteiger partial charge in [-0.15, -0.1) is 11.3 Å². The quantitative estimate of drug-likeness (QED) is 0.254. The summed E-state index contributed by atoms with van der Waals surface area (Å²) in [5, 5.41) is 13.1. The van der Waals surface area contributed by atoms with Gasteiger partial charge in [0.25, 0.3) is 5.78 Å². The standard InChI is InChI=1S/C23H20N2O5S2/c1-4-30-22(29)20-13(3)24-23(32-20)25-17(15-6-5-11-31-15)16(19(27)21(25)28)18(26)14-9-7-12(2)8-10-14/h5-11,17,26H,4H2,1-3H3. The van der Waals surface area contributed by atoms with Crippen LogP contribution in [0.4, 0.5) is 5.13 Å². The van der Waals surface area contributed by atoms with E-state index in [0.29, 0.717) is 16.1 Å². The van der Waals surface area contributed by atoms with Crippen molar-refractivity contribution in [2.24, 2.45) is 0 Å². The minimum Gasteiger partial charge on any atom is -0.507 e. The molecule has 164 valence electrons. The van der Waals surface area contributed by atoms with Crippen LogP contribution in [-0.4, -0.2) is 34.4 Å². The van der Waals surface area contributed by atoms with Crippen molar-refractivity contribution in [3.63, 3.8) is 0 Å². The van der Waals surface area contributed by atoms with Gasteiger partial charge in [-0.1, -0.05) is 47.2 Å². The molecule has 1 aliphatic heterocycles. The van der Waals surface area contributed by atoms with Crippen LogP contribution in [0.5, 0.6) is 0 Å². The molecule has 3 aromatic rings. The fourth-order valence-corrected chi connectivity index (χ4v) is 5.30. The maximum atomic E-state index is 13.1. The Kier molecular flexibility index (Phi) is 5.94. The molecule has 1 unspecified atom stereocenters. The molecule has 4 rings (SSSR count). The van der Waals surface area contributed by atoms with Crippen LogP contribution >= 0.6 is 22.7 Å². The zero-order chi connectivity index (χ0) is 23.0. The highest BCUT2D eigenvalue weighted by molar-refractivity contribution is 7.18. The third-order valence-electron chi connectivity index (χ3n) is 5.03. The van der Waals surface area contributed by atoms with Crippen molar-refractivity contribution in [3.05, 3.63) is 73.9 Å². The van der Waals surface area contributed by atoms with E-state index in [1.165, 1.54) is 16.2 Å². The van der Waals surface area contributed by atoms with Crippen LogP contribution in [0.25, 0.3) is 5.76 Å². The van der Waals surface area contributed by atoms with Gasteiger partial charge in [-0.25, -0.2) is 9.78 Å². The summed E-state index contributed by atoms with van der Waals surface area (Å²) < 4.78 is 5.07. The number of amides is 1. The number of carbonyl (C=O) groups excluding carboxylic acids is 3. The Hall–Kier alpha value is -3.30. The number of esters is 1. The van der Waals surface area contributed by atoms with E-state index in [2.05, 4.69) is 4.98 Å². The Bertz CT molecular complexity index is 1230. The molecule has 1 aliphatic rings. The molecular formula is C23H20N2O5S2. The number of aliphatic hydroxyl groups is 1. The molecule has 2 aromatic heterocycles. The number of Topliss-reactive ketones (excluding diaryl/α,β-unsaturated/α-hetero) is 1. The van der Waals surface area contributed by atoms with Crippen LogP contribution in [0.2, 0.25) is 0 Å². The Balaban J connectivity index is 1.87. The van der Waals surface area contributed by atoms with Crippen LogP contribution in [0.3, 0.4) is 0 Å². The van der Waals surface area contributed by atoms with Gasteiger partial charge in [-0.2, -0.15) is 0 Å². The maximum absolute atomic E-state index is 13.1. The monoisotopic (exact) mass is 468 g/mol. The molecule has 0 spiro atoms. The van der Waals surface area contributed by atoms with E-state index in [1.807, 2.05) is 30.5 Å². The van der Waals surface area contributed by atoms with Crippen LogP contribution in [0, 0.1) is 13.8 Å². The van der Waals surface area contributed by atoms with Gasteiger partial charge in [0.1, 0.15) is 16.7 Å². The molecule has 32 heavy (non-hydrogen) atoms. The molecule has 0 radical (unpaired) electrons. The number of hydrogen-bond donors (Lipinski definition) is 1. The van der Waals surface area contributed by atoms with Crippen molar-refractivity contribution in [3.8, 4) is 0 Å². The highest BCUT2D eigenvalue weighted by Gasteiger charge is 2.48. The molecule has 3 heterocycles. The average Bonchev–Trinajstić information content (AvgIpc) is 3.48. The van der Waals surface area contributed by atoms with E-state index in [9.17, 15) is 19.5 Å². The smallest absolute Gasteiger partial charge is 0.350 e. The molecule has 1 saturated heterocycles. The van der Waals surface area contributed by atoms with Crippen LogP contribution in [-0.2, 0) is 14.3 Å². The Labute approximate surface area is 192 Å². The van der Waals surface area contributed by atoms with E-state index < -0.39 is 23.7 Å². The third kappa shape index (κ3) is 3.74. The SMILES string of the molecule is CCOC(=O)c1sc(N2C(=O)C(=O)C(=C(O)c3ccc(C)cc3)C2c2cccs2)nc1C. The summed E-state index contributed by atoms with van der Waals surface area (Å²) in [5.74, 6) is -2.38. The van der Waals surface area contributed by atoms with Gasteiger partial charge >= 0.3 is 11.9 Å². The molecule has 1 N–H and O–H groups in total. The molecule has 1 fully saturated rings. The number of carbonyl (C=O) groups is 3. The van der Waals surface area contributed by atoms with E-state index in [0.717, 1.165) is 16.9 Å². The van der Waals surface area contributed by atoms with E-state index >= 15 is 0 Å². The van der Waals surface area contributed by atoms with Gasteiger partial charge in [0.15, 0.2) is 5.13 Å². The number of nitrogens with zero attached hydrogens (tertiary/aromatic N) is 2. The first-order valence-electron chi connectivity index (χ1n) is 9.89. The van der Waals surface area contributed by atoms with Crippen molar-refractivity contribution >= 4 is 51.2 Å². The van der Waals surface area contributed by atoms with Gasteiger partial charge in [0.2, 0.25) is 0 Å². The summed E-state index contributed by atoms with van der Waals surface area (Å²) >= 11 is 2.35. The van der Waals surface area contributed by atoms with Crippen molar-refractivity contribution in [1.29, 1.82) is 0 Å². The number of anilines is 1. The first-order valence-corrected chi connectivity index (χ1v) is 11.6. The fourth-order valence-electron chi connectivity index (χ4n) is 3.48. The molecule has 7 nitrogen and oxygen atoms in total. The topological polar surface area (TPSA) is 96.8 Å². The minimum absolute atomic E-state index is 0.00755. The van der Waals surface area contributed by atoms with Gasteiger partial charge in [0.05, 0.1) is 17.9 Å². The number of ether oxygens (including phenoxy) is 1. The highest BCUT2D eigenvalue weighted by Crippen LogP contribution is 2.45. The summed E-state index contributed by atoms with van der Waals surface area (Å²) in [6, 6.07) is 9.80. The number of thiophene rings is 1. The average molecular weight is 469 g/mol. The summed E-state index contributed by atoms with van der Waals surface area (Å²) in [6.45, 7) is 5.48. The van der Waals surface area contributed by atoms with Gasteiger partial charge in [-0.05, 0) is 32.2 Å². The molecule has 9 heteroatoms. The van der Waals surface area contributed by atoms with Crippen molar-refractivity contribution in [2.75, 3.05) is 11.5 Å². The van der Waals surface area contributed by atoms with Crippen LogP contribution < -0.4 is 4.90 Å². The molecule has 1 atom stereocenters. The molecule has 1 amide bonds. The van der Waals surface area contributed by atoms with Crippen molar-refractivity contribution < 1.29 is 24.2 Å². The predicted molar refractivity (Wildman–Crippen MR) is 123 cm³/mol. The number of rotatable bonds is 5. The van der Waals surface area contributed by atoms with Gasteiger partial charge in [-0.3, -0.25) is 14.5 Å². The second-order valence-electron chi connectivity index (χ2n) is 7.18. The van der Waals surface area contributed by atoms with E-state index in [4.69, 9.17) is 4.74 Å². The van der Waals surface area contributed by atoms with Gasteiger partial charge in [0, 0.05) is 10.4 Å². The number of aryl methyl sites for hydroxylation is 2. The lowest BCUT2D eigenvalue weighted by molar-refractivity contribution is -0.132. The highest BCUT2D eigenvalue weighted by atomic mass is 32.1. The van der Waals surface area contributed by atoms with Crippen molar-refractivity contribution in [1.82, 2.24) is 4.98 Å². The Morgan fingerprint density at radius 2 is 1.91 bits per heavy atom. The number of hydrogen-bond acceptors (Lipinski definition) is 8. The normalized spacial score (nSPS) is 17.7. The molecule has 0 aliphatic carbocycles. The maximum Gasteiger partial charge on any atom is 0.350 e. The predicted octanol–water partition coefficient (Wildman–Crippen LogP) is 4.62. The third-order valence-corrected chi connectivity index (χ3v) is 7.10. The zero-order valence-electron chi connectivity index (χ0n) is 17.6. The zero-order valence-corrected chi connectivity index (χ0v) is 19.3. The lowest BCUT2D eigenvalue weighted by atomic mass is 9.99. The van der Waals surface area contributed by atoms with E-state index in [-0.39, 0.29) is 27.9 Å². The van der Waals surface area contributed by atoms with E-state index in [1.54, 1.807) is 32.0 Å². The summed E-state index contributed by atoms with van der Waals surface area (Å²) in [5.41, 5.74) is 1.85. The Morgan fingerprint density at radius 3 is 2.53 bits per heavy atom. The second kappa shape index (κ2) is 8.68. The molecule has 1 aromatic carbocycles. The van der Waals surface area contributed by atoms with Crippen molar-refractivity contribution in [2.45, 2.75) is 26.8 Å². The first kappa shape index (κ1) is 21.9. The summed E-state index contributed by atoms with van der Waals surface area (Å²) in [6.07, 6.45) is 0. The second-order valence-corrected chi connectivity index (χ2v) is 9.14. The van der Waals surface area contributed by atoms with Crippen LogP contribution in [0.15, 0.2) is 47.4 Å². The molecular weight excluding hydrogens is 448 g/mol. The summed E-state index contributed by atoms with van der Waals surface area (Å²) in [7, 11) is 0. The largest absolute Gasteiger partial charge is 0.507 e.